The van der Waals surface area contributed by atoms with E-state index >= 15 is 0 Å². The van der Waals surface area contributed by atoms with E-state index in [1.807, 2.05) is 0 Å². The van der Waals surface area contributed by atoms with Crippen LogP contribution in [0.25, 0.3) is 10.8 Å². The van der Waals surface area contributed by atoms with Gasteiger partial charge in [-0.1, -0.05) is 24.3 Å². The fraction of sp³-hybridized carbons (Fsp3) is 0. The highest BCUT2D eigenvalue weighted by molar-refractivity contribution is 7.89. The number of phenols is 1. The molecule has 0 aromatic heterocycles. The van der Waals surface area contributed by atoms with Gasteiger partial charge in [-0.2, -0.15) is 0 Å². The van der Waals surface area contributed by atoms with E-state index in [0.29, 0.717) is 0 Å². The molecule has 0 radical (unpaired) electrons. The van der Waals surface area contributed by atoms with Crippen LogP contribution in [0.4, 0.5) is 0 Å². The molecule has 0 unspecified atom stereocenters. The zero-order valence-corrected chi connectivity index (χ0v) is 8.53. The van der Waals surface area contributed by atoms with Crippen LogP contribution in [0.3, 0.4) is 0 Å². The van der Waals surface area contributed by atoms with Gasteiger partial charge in [-0.25, -0.2) is 13.6 Å². The summed E-state index contributed by atoms with van der Waals surface area (Å²) < 4.78 is 22.2. The van der Waals surface area contributed by atoms with E-state index in [0.717, 1.165) is 10.8 Å². The van der Waals surface area contributed by atoms with Crippen LogP contribution in [0.1, 0.15) is 0 Å². The average Bonchev–Trinajstić information content (AvgIpc) is 2.15. The third kappa shape index (κ3) is 1.79. The maximum atomic E-state index is 11.1. The van der Waals surface area contributed by atoms with Gasteiger partial charge >= 0.3 is 0 Å². The number of sulfonamides is 1. The Morgan fingerprint density at radius 1 is 1.07 bits per heavy atom. The zero-order valence-electron chi connectivity index (χ0n) is 7.71. The quantitative estimate of drug-likeness (QED) is 0.762. The Labute approximate surface area is 87.0 Å². The molecule has 0 heterocycles. The summed E-state index contributed by atoms with van der Waals surface area (Å²) in [6, 6.07) is 9.87. The second-order valence-electron chi connectivity index (χ2n) is 3.21. The molecule has 0 bridgehead atoms. The van der Waals surface area contributed by atoms with E-state index in [9.17, 15) is 13.5 Å². The average molecular weight is 223 g/mol. The molecule has 0 aliphatic carbocycles. The van der Waals surface area contributed by atoms with Gasteiger partial charge in [0.15, 0.2) is 0 Å². The Morgan fingerprint density at radius 3 is 2.13 bits per heavy atom. The highest BCUT2D eigenvalue weighted by atomic mass is 32.2. The SMILES string of the molecule is NS(=O)(=O)c1cc2ccccc2cc1O. The Morgan fingerprint density at radius 2 is 1.60 bits per heavy atom. The summed E-state index contributed by atoms with van der Waals surface area (Å²) >= 11 is 0. The number of primary sulfonamides is 1. The smallest absolute Gasteiger partial charge is 0.241 e. The standard InChI is InChI=1S/C10H9NO3S/c11-15(13,14)10-6-8-4-2-1-3-7(8)5-9(10)12/h1-6,12H,(H2,11,13,14). The molecule has 0 saturated heterocycles. The van der Waals surface area contributed by atoms with E-state index in [1.54, 1.807) is 24.3 Å². The van der Waals surface area contributed by atoms with Crippen LogP contribution in [0, 0.1) is 0 Å². The van der Waals surface area contributed by atoms with Crippen LogP contribution in [0.2, 0.25) is 0 Å². The Bertz CT molecular complexity index is 620. The molecule has 0 aliphatic heterocycles. The normalized spacial score (nSPS) is 11.8. The summed E-state index contributed by atoms with van der Waals surface area (Å²) in [6.07, 6.45) is 0. The number of hydrogen-bond donors (Lipinski definition) is 2. The van der Waals surface area contributed by atoms with Crippen LogP contribution >= 0.6 is 0 Å². The molecular weight excluding hydrogens is 214 g/mol. The van der Waals surface area contributed by atoms with Crippen molar-refractivity contribution < 1.29 is 13.5 Å². The topological polar surface area (TPSA) is 80.4 Å². The highest BCUT2D eigenvalue weighted by Gasteiger charge is 2.14. The minimum Gasteiger partial charge on any atom is -0.507 e. The number of aromatic hydroxyl groups is 1. The van der Waals surface area contributed by atoms with E-state index < -0.39 is 10.0 Å². The highest BCUT2D eigenvalue weighted by Crippen LogP contribution is 2.27. The molecule has 0 spiro atoms. The lowest BCUT2D eigenvalue weighted by molar-refractivity contribution is 0.460. The summed E-state index contributed by atoms with van der Waals surface area (Å²) in [5.41, 5.74) is 0. The maximum Gasteiger partial charge on any atom is 0.241 e. The maximum absolute atomic E-state index is 11.1. The van der Waals surface area contributed by atoms with Crippen LogP contribution in [-0.2, 0) is 10.0 Å². The summed E-state index contributed by atoms with van der Waals surface area (Å²) in [4.78, 5) is -0.249. The van der Waals surface area contributed by atoms with Crippen molar-refractivity contribution in [3.05, 3.63) is 36.4 Å². The Balaban J connectivity index is 2.84. The van der Waals surface area contributed by atoms with Crippen molar-refractivity contribution in [2.45, 2.75) is 4.90 Å². The molecule has 0 aliphatic rings. The number of hydrogen-bond acceptors (Lipinski definition) is 3. The molecule has 3 N–H and O–H groups in total. The van der Waals surface area contributed by atoms with Crippen LogP contribution in [0.5, 0.6) is 5.75 Å². The first-order chi connectivity index (χ1) is 6.98. The number of fused-ring (bicyclic) bond motifs is 1. The van der Waals surface area contributed by atoms with E-state index in [4.69, 9.17) is 5.14 Å². The second-order valence-corrected chi connectivity index (χ2v) is 4.74. The van der Waals surface area contributed by atoms with Gasteiger partial charge in [-0.3, -0.25) is 0 Å². The summed E-state index contributed by atoms with van der Waals surface area (Å²) in [6.45, 7) is 0. The number of rotatable bonds is 1. The molecule has 0 atom stereocenters. The lowest BCUT2D eigenvalue weighted by Crippen LogP contribution is -2.12. The van der Waals surface area contributed by atoms with E-state index in [1.165, 1.54) is 12.1 Å². The molecule has 0 amide bonds. The van der Waals surface area contributed by atoms with Crippen molar-refractivity contribution >= 4 is 20.8 Å². The monoisotopic (exact) mass is 223 g/mol. The van der Waals surface area contributed by atoms with Crippen molar-refractivity contribution in [1.82, 2.24) is 0 Å². The van der Waals surface area contributed by atoms with Gasteiger partial charge in [0.1, 0.15) is 10.6 Å². The van der Waals surface area contributed by atoms with Gasteiger partial charge in [-0.05, 0) is 22.9 Å². The fourth-order valence-corrected chi connectivity index (χ4v) is 2.08. The minimum absolute atomic E-state index is 0.249. The third-order valence-electron chi connectivity index (χ3n) is 2.13. The van der Waals surface area contributed by atoms with Crippen LogP contribution in [0.15, 0.2) is 41.3 Å². The van der Waals surface area contributed by atoms with E-state index in [-0.39, 0.29) is 10.6 Å². The largest absolute Gasteiger partial charge is 0.507 e. The van der Waals surface area contributed by atoms with Gasteiger partial charge < -0.3 is 5.11 Å². The first-order valence-corrected chi connectivity index (χ1v) is 5.78. The molecule has 4 nitrogen and oxygen atoms in total. The molecular formula is C10H9NO3S. The molecule has 2 aromatic rings. The van der Waals surface area contributed by atoms with Crippen molar-refractivity contribution in [3.63, 3.8) is 0 Å². The number of nitrogens with two attached hydrogens (primary N) is 1. The minimum atomic E-state index is -3.87. The second kappa shape index (κ2) is 3.22. The van der Waals surface area contributed by atoms with Gasteiger partial charge in [0.2, 0.25) is 10.0 Å². The van der Waals surface area contributed by atoms with Crippen molar-refractivity contribution in [1.29, 1.82) is 0 Å². The molecule has 0 fully saturated rings. The first-order valence-electron chi connectivity index (χ1n) is 4.23. The lowest BCUT2D eigenvalue weighted by Gasteiger charge is -2.04. The summed E-state index contributed by atoms with van der Waals surface area (Å²) in [5, 5.41) is 15.9. The predicted molar refractivity (Wildman–Crippen MR) is 57.0 cm³/mol. The van der Waals surface area contributed by atoms with Crippen molar-refractivity contribution in [2.24, 2.45) is 5.14 Å². The molecule has 5 heteroatoms. The fourth-order valence-electron chi connectivity index (χ4n) is 1.44. The van der Waals surface area contributed by atoms with Crippen LogP contribution < -0.4 is 5.14 Å². The van der Waals surface area contributed by atoms with Crippen molar-refractivity contribution in [2.75, 3.05) is 0 Å². The number of phenolic OH excluding ortho intramolecular Hbond substituents is 1. The Hall–Kier alpha value is -1.59. The zero-order chi connectivity index (χ0) is 11.1. The summed E-state index contributed by atoms with van der Waals surface area (Å²) in [7, 11) is -3.87. The molecule has 2 aromatic carbocycles. The van der Waals surface area contributed by atoms with Crippen molar-refractivity contribution in [3.8, 4) is 5.75 Å². The summed E-state index contributed by atoms with van der Waals surface area (Å²) in [5.74, 6) is -0.323. The van der Waals surface area contributed by atoms with Gasteiger partial charge in [0.05, 0.1) is 0 Å². The van der Waals surface area contributed by atoms with Gasteiger partial charge in [0.25, 0.3) is 0 Å². The van der Waals surface area contributed by atoms with Gasteiger partial charge in [-0.15, -0.1) is 0 Å². The number of benzene rings is 2. The first kappa shape index (κ1) is 9.95. The Kier molecular flexibility index (Phi) is 2.13. The predicted octanol–water partition coefficient (Wildman–Crippen LogP) is 1.19. The van der Waals surface area contributed by atoms with E-state index in [2.05, 4.69) is 0 Å². The molecule has 0 saturated carbocycles. The third-order valence-corrected chi connectivity index (χ3v) is 3.07. The molecule has 78 valence electrons. The molecule has 2 rings (SSSR count). The lowest BCUT2D eigenvalue weighted by atomic mass is 10.1. The molecule has 15 heavy (non-hydrogen) atoms. The van der Waals surface area contributed by atoms with Crippen LogP contribution in [-0.4, -0.2) is 13.5 Å². The van der Waals surface area contributed by atoms with Gasteiger partial charge in [0, 0.05) is 0 Å².